The maximum absolute atomic E-state index is 12.3. The minimum atomic E-state index is -4.68. The summed E-state index contributed by atoms with van der Waals surface area (Å²) < 4.78 is 42.0. The molecule has 2 N–H and O–H groups in total. The number of carbonyl (C=O) groups is 1. The second kappa shape index (κ2) is 9.27. The molecule has 11 heteroatoms. The summed E-state index contributed by atoms with van der Waals surface area (Å²) in [6.45, 7) is 0.925. The van der Waals surface area contributed by atoms with E-state index < -0.39 is 18.8 Å². The fourth-order valence-corrected chi connectivity index (χ4v) is 2.31. The Balaban J connectivity index is 0.00000312. The van der Waals surface area contributed by atoms with Gasteiger partial charge in [0, 0.05) is 33.2 Å². The summed E-state index contributed by atoms with van der Waals surface area (Å²) in [5.74, 6) is 0.276. The third kappa shape index (κ3) is 5.76. The molecule has 1 aliphatic heterocycles. The average molecular weight is 476 g/mol. The Bertz CT molecular complexity index is 572. The Morgan fingerprint density at radius 1 is 1.36 bits per heavy atom. The third-order valence-corrected chi connectivity index (χ3v) is 3.64. The first kappa shape index (κ1) is 21.5. The Morgan fingerprint density at radius 3 is 2.44 bits per heavy atom. The molecule has 1 fully saturated rings. The number of alkyl halides is 3. The molecule has 2 rings (SSSR count). The van der Waals surface area contributed by atoms with E-state index in [1.165, 1.54) is 13.3 Å². The molecule has 0 bridgehead atoms. The highest BCUT2D eigenvalue weighted by atomic mass is 127. The van der Waals surface area contributed by atoms with Crippen LogP contribution in [0.25, 0.3) is 0 Å². The van der Waals surface area contributed by atoms with E-state index in [0.29, 0.717) is 26.2 Å². The van der Waals surface area contributed by atoms with Crippen LogP contribution in [0.3, 0.4) is 0 Å². The van der Waals surface area contributed by atoms with Crippen molar-refractivity contribution < 1.29 is 27.5 Å². The number of rotatable bonds is 3. The number of amides is 1. The number of hydrogen-bond donors (Lipinski definition) is 2. The van der Waals surface area contributed by atoms with E-state index in [1.807, 2.05) is 0 Å². The minimum absolute atomic E-state index is 0. The van der Waals surface area contributed by atoms with Crippen LogP contribution in [0.1, 0.15) is 10.6 Å². The minimum Gasteiger partial charge on any atom is -0.459 e. The van der Waals surface area contributed by atoms with Crippen LogP contribution in [0.4, 0.5) is 13.2 Å². The van der Waals surface area contributed by atoms with Crippen molar-refractivity contribution >= 4 is 35.8 Å². The zero-order chi connectivity index (χ0) is 17.7. The van der Waals surface area contributed by atoms with Crippen LogP contribution in [0.2, 0.25) is 0 Å². The molecule has 1 amide bonds. The van der Waals surface area contributed by atoms with Gasteiger partial charge in [0.1, 0.15) is 0 Å². The first-order valence-corrected chi connectivity index (χ1v) is 7.36. The van der Waals surface area contributed by atoms with Crippen molar-refractivity contribution in [2.75, 3.05) is 39.8 Å². The number of hydrogen-bond acceptors (Lipinski definition) is 4. The normalized spacial score (nSPS) is 17.1. The molecule has 1 unspecified atom stereocenters. The van der Waals surface area contributed by atoms with Crippen LogP contribution in [-0.4, -0.2) is 78.8 Å². The zero-order valence-electron chi connectivity index (χ0n) is 13.5. The van der Waals surface area contributed by atoms with Crippen LogP contribution in [-0.2, 0) is 0 Å². The zero-order valence-corrected chi connectivity index (χ0v) is 15.8. The lowest BCUT2D eigenvalue weighted by molar-refractivity contribution is -0.201. The second-order valence-corrected chi connectivity index (χ2v) is 5.24. The smallest absolute Gasteiger partial charge is 0.416 e. The van der Waals surface area contributed by atoms with Crippen LogP contribution >= 0.6 is 24.0 Å². The first-order chi connectivity index (χ1) is 11.3. The fourth-order valence-electron chi connectivity index (χ4n) is 2.31. The van der Waals surface area contributed by atoms with Crippen molar-refractivity contribution in [1.82, 2.24) is 15.1 Å². The van der Waals surface area contributed by atoms with Gasteiger partial charge in [0.05, 0.1) is 12.8 Å². The molecule has 1 aromatic rings. The van der Waals surface area contributed by atoms with Crippen molar-refractivity contribution in [2.45, 2.75) is 12.3 Å². The van der Waals surface area contributed by atoms with Crippen molar-refractivity contribution in [3.8, 4) is 0 Å². The van der Waals surface area contributed by atoms with Gasteiger partial charge in [-0.15, -0.1) is 24.0 Å². The molecule has 2 heterocycles. The number of carbonyl (C=O) groups excluding carboxylic acids is 1. The lowest BCUT2D eigenvalue weighted by Gasteiger charge is -2.36. The van der Waals surface area contributed by atoms with Crippen molar-refractivity contribution in [3.05, 3.63) is 24.2 Å². The molecule has 0 radical (unpaired) electrons. The lowest BCUT2D eigenvalue weighted by atomic mass is 10.3. The van der Waals surface area contributed by atoms with Crippen molar-refractivity contribution in [2.24, 2.45) is 4.99 Å². The maximum atomic E-state index is 12.3. The molecule has 25 heavy (non-hydrogen) atoms. The number of aliphatic imine (C=N–C) groups is 1. The predicted octanol–water partition coefficient (Wildman–Crippen LogP) is 1.15. The number of piperazine rings is 1. The number of aliphatic hydroxyl groups excluding tert-OH is 1. The van der Waals surface area contributed by atoms with Gasteiger partial charge in [-0.05, 0) is 12.1 Å². The molecule has 0 aliphatic carbocycles. The molecule has 1 aliphatic rings. The van der Waals surface area contributed by atoms with Crippen LogP contribution in [0, 0.1) is 0 Å². The topological polar surface area (TPSA) is 81.3 Å². The van der Waals surface area contributed by atoms with Gasteiger partial charge in [-0.1, -0.05) is 0 Å². The van der Waals surface area contributed by atoms with E-state index in [-0.39, 0.29) is 41.6 Å². The van der Waals surface area contributed by atoms with Gasteiger partial charge in [0.2, 0.25) is 0 Å². The van der Waals surface area contributed by atoms with Gasteiger partial charge in [0.15, 0.2) is 17.8 Å². The molecule has 0 aromatic carbocycles. The summed E-state index contributed by atoms with van der Waals surface area (Å²) in [5, 5.41) is 11.5. The van der Waals surface area contributed by atoms with Gasteiger partial charge < -0.3 is 24.6 Å². The average Bonchev–Trinajstić information content (AvgIpc) is 3.08. The Hall–Kier alpha value is -1.50. The quantitative estimate of drug-likeness (QED) is 0.389. The second-order valence-electron chi connectivity index (χ2n) is 5.24. The Labute approximate surface area is 159 Å². The summed E-state index contributed by atoms with van der Waals surface area (Å²) in [6, 6.07) is 3.20. The molecular formula is C14H20F3IN4O3. The first-order valence-electron chi connectivity index (χ1n) is 7.36. The lowest BCUT2D eigenvalue weighted by Crippen LogP contribution is -2.55. The molecule has 1 atom stereocenters. The number of halogens is 4. The number of guanidine groups is 1. The molecular weight excluding hydrogens is 456 g/mol. The predicted molar refractivity (Wildman–Crippen MR) is 95.0 cm³/mol. The number of aliphatic hydroxyl groups is 1. The van der Waals surface area contributed by atoms with E-state index in [4.69, 9.17) is 9.52 Å². The summed E-state index contributed by atoms with van der Waals surface area (Å²) in [6.07, 6.45) is -5.72. The largest absolute Gasteiger partial charge is 0.459 e. The van der Waals surface area contributed by atoms with E-state index >= 15 is 0 Å². The highest BCUT2D eigenvalue weighted by molar-refractivity contribution is 14.0. The SMILES string of the molecule is CN=C(NCC(O)C(F)(F)F)N1CCN(C(=O)c2ccco2)CC1.I. The van der Waals surface area contributed by atoms with Gasteiger partial charge in [-0.2, -0.15) is 13.2 Å². The molecule has 142 valence electrons. The maximum Gasteiger partial charge on any atom is 0.416 e. The molecule has 0 saturated carbocycles. The number of furan rings is 1. The van der Waals surface area contributed by atoms with Gasteiger partial charge >= 0.3 is 6.18 Å². The standard InChI is InChI=1S/C14H19F3N4O3.HI/c1-18-13(19-9-11(22)14(15,16)17)21-6-4-20(5-7-21)12(23)10-3-2-8-24-10;/h2-3,8,11,22H,4-7,9H2,1H3,(H,18,19);1H. The third-order valence-electron chi connectivity index (χ3n) is 3.64. The van der Waals surface area contributed by atoms with Gasteiger partial charge in [-0.3, -0.25) is 9.79 Å². The Kier molecular flexibility index (Phi) is 7.99. The molecule has 0 spiro atoms. The molecule has 1 saturated heterocycles. The van der Waals surface area contributed by atoms with E-state index in [0.717, 1.165) is 0 Å². The number of nitrogens with one attached hydrogen (secondary N) is 1. The van der Waals surface area contributed by atoms with Gasteiger partial charge in [-0.25, -0.2) is 0 Å². The van der Waals surface area contributed by atoms with E-state index in [2.05, 4.69) is 10.3 Å². The van der Waals surface area contributed by atoms with Crippen molar-refractivity contribution in [3.63, 3.8) is 0 Å². The molecule has 7 nitrogen and oxygen atoms in total. The fraction of sp³-hybridized carbons (Fsp3) is 0.571. The van der Waals surface area contributed by atoms with Crippen molar-refractivity contribution in [1.29, 1.82) is 0 Å². The number of nitrogens with zero attached hydrogens (tertiary/aromatic N) is 3. The summed E-state index contributed by atoms with van der Waals surface area (Å²) in [5.41, 5.74) is 0. The van der Waals surface area contributed by atoms with E-state index in [9.17, 15) is 18.0 Å². The highest BCUT2D eigenvalue weighted by Gasteiger charge is 2.38. The Morgan fingerprint density at radius 2 is 1.96 bits per heavy atom. The van der Waals surface area contributed by atoms with Crippen LogP contribution in [0.15, 0.2) is 27.8 Å². The summed E-state index contributed by atoms with van der Waals surface area (Å²) >= 11 is 0. The van der Waals surface area contributed by atoms with Crippen LogP contribution < -0.4 is 5.32 Å². The summed E-state index contributed by atoms with van der Waals surface area (Å²) in [7, 11) is 1.45. The molecule has 1 aromatic heterocycles. The van der Waals surface area contributed by atoms with Gasteiger partial charge in [0.25, 0.3) is 5.91 Å². The monoisotopic (exact) mass is 476 g/mol. The summed E-state index contributed by atoms with van der Waals surface area (Å²) in [4.78, 5) is 19.4. The highest BCUT2D eigenvalue weighted by Crippen LogP contribution is 2.19. The van der Waals surface area contributed by atoms with E-state index in [1.54, 1.807) is 21.9 Å². The van der Waals surface area contributed by atoms with Crippen LogP contribution in [0.5, 0.6) is 0 Å².